The van der Waals surface area contributed by atoms with Crippen LogP contribution in [0.15, 0.2) is 73.1 Å². The Labute approximate surface area is 225 Å². The first-order valence-corrected chi connectivity index (χ1v) is 11.3. The number of aromatic nitrogens is 2. The molecule has 4 N–H and O–H groups in total. The Hall–Kier alpha value is -4.78. The Balaban J connectivity index is 0.00000400. The maximum absolute atomic E-state index is 12.4. The summed E-state index contributed by atoms with van der Waals surface area (Å²) in [6, 6.07) is 17.7. The first-order valence-electron chi connectivity index (χ1n) is 11.3. The lowest BCUT2D eigenvalue weighted by molar-refractivity contribution is -0.137. The van der Waals surface area contributed by atoms with Gasteiger partial charge in [-0.15, -0.1) is 12.4 Å². The number of nitrogen functional groups attached to an aromatic ring is 1. The van der Waals surface area contributed by atoms with E-state index in [4.69, 9.17) is 10.9 Å². The van der Waals surface area contributed by atoms with E-state index in [1.54, 1.807) is 55.8 Å². The molecule has 0 aliphatic carbocycles. The summed E-state index contributed by atoms with van der Waals surface area (Å²) < 4.78 is 0. The summed E-state index contributed by atoms with van der Waals surface area (Å²) in [5, 5.41) is 9.39. The second kappa shape index (κ2) is 12.5. The molecule has 0 saturated carbocycles. The molecule has 2 heterocycles. The van der Waals surface area contributed by atoms with E-state index in [9.17, 15) is 14.4 Å². The van der Waals surface area contributed by atoms with Crippen molar-refractivity contribution in [2.24, 2.45) is 5.84 Å². The predicted octanol–water partition coefficient (Wildman–Crippen LogP) is 3.27. The number of carboxylic acid groups (broad SMARTS) is 1. The van der Waals surface area contributed by atoms with Crippen molar-refractivity contribution in [1.29, 1.82) is 0 Å². The van der Waals surface area contributed by atoms with Gasteiger partial charge < -0.3 is 10.0 Å². The van der Waals surface area contributed by atoms with E-state index >= 15 is 0 Å². The maximum Gasteiger partial charge on any atom is 0.305 e. The normalized spacial score (nSPS) is 10.1. The Kier molecular flexibility index (Phi) is 9.11. The van der Waals surface area contributed by atoms with Gasteiger partial charge in [-0.1, -0.05) is 24.0 Å². The SMILES string of the molecule is CN(CCC(=O)O)C(=O)c1ccc(C#Cc2ccc(-c3cc(C(=O)NN)c4cnccc4n3)cc2)cc1.Cl. The van der Waals surface area contributed by atoms with Gasteiger partial charge >= 0.3 is 5.97 Å². The zero-order valence-corrected chi connectivity index (χ0v) is 21.2. The van der Waals surface area contributed by atoms with Gasteiger partial charge in [-0.25, -0.2) is 10.8 Å². The van der Waals surface area contributed by atoms with Gasteiger partial charge in [-0.05, 0) is 48.5 Å². The Morgan fingerprint density at radius 2 is 1.63 bits per heavy atom. The zero-order chi connectivity index (χ0) is 26.4. The highest BCUT2D eigenvalue weighted by molar-refractivity contribution is 6.06. The minimum atomic E-state index is -0.951. The number of carboxylic acids is 1. The van der Waals surface area contributed by atoms with E-state index in [0.29, 0.717) is 27.7 Å². The van der Waals surface area contributed by atoms with Crippen LogP contribution in [-0.4, -0.2) is 51.4 Å². The zero-order valence-electron chi connectivity index (χ0n) is 20.3. The number of carbonyl (C=O) groups is 3. The second-order valence-electron chi connectivity index (χ2n) is 8.20. The smallest absolute Gasteiger partial charge is 0.305 e. The number of fused-ring (bicyclic) bond motifs is 1. The van der Waals surface area contributed by atoms with Crippen molar-refractivity contribution in [2.45, 2.75) is 6.42 Å². The number of nitrogens with two attached hydrogens (primary N) is 1. The van der Waals surface area contributed by atoms with Crippen molar-refractivity contribution in [2.75, 3.05) is 13.6 Å². The third-order valence-electron chi connectivity index (χ3n) is 5.66. The van der Waals surface area contributed by atoms with Crippen LogP contribution in [0.4, 0.5) is 0 Å². The number of pyridine rings is 2. The summed E-state index contributed by atoms with van der Waals surface area (Å²) in [6.07, 6.45) is 3.08. The average molecular weight is 530 g/mol. The molecule has 10 heteroatoms. The molecule has 38 heavy (non-hydrogen) atoms. The van der Waals surface area contributed by atoms with Crippen molar-refractivity contribution in [3.05, 3.63) is 95.3 Å². The number of nitrogens with one attached hydrogen (secondary N) is 1. The highest BCUT2D eigenvalue weighted by Crippen LogP contribution is 2.24. The fraction of sp³-hybridized carbons (Fsp3) is 0.107. The van der Waals surface area contributed by atoms with E-state index in [-0.39, 0.29) is 31.3 Å². The third-order valence-corrected chi connectivity index (χ3v) is 5.66. The Morgan fingerprint density at radius 3 is 2.24 bits per heavy atom. The number of carbonyl (C=O) groups excluding carboxylic acids is 2. The van der Waals surface area contributed by atoms with Gasteiger partial charge in [0.25, 0.3) is 11.8 Å². The monoisotopic (exact) mass is 529 g/mol. The largest absolute Gasteiger partial charge is 0.481 e. The van der Waals surface area contributed by atoms with Crippen LogP contribution in [0.1, 0.15) is 38.3 Å². The Morgan fingerprint density at radius 1 is 1.00 bits per heavy atom. The summed E-state index contributed by atoms with van der Waals surface area (Å²) in [7, 11) is 1.57. The number of aliphatic carboxylic acids is 1. The lowest BCUT2D eigenvalue weighted by Gasteiger charge is -2.15. The summed E-state index contributed by atoms with van der Waals surface area (Å²) in [5.41, 5.74) is 6.58. The van der Waals surface area contributed by atoms with E-state index < -0.39 is 11.9 Å². The van der Waals surface area contributed by atoms with Gasteiger partial charge in [-0.2, -0.15) is 0 Å². The number of hydrogen-bond acceptors (Lipinski definition) is 6. The van der Waals surface area contributed by atoms with Gasteiger partial charge in [0.05, 0.1) is 23.2 Å². The van der Waals surface area contributed by atoms with Gasteiger partial charge in [0.2, 0.25) is 0 Å². The average Bonchev–Trinajstić information content (AvgIpc) is 2.93. The van der Waals surface area contributed by atoms with Crippen LogP contribution in [0.2, 0.25) is 0 Å². The van der Waals surface area contributed by atoms with Crippen molar-refractivity contribution >= 4 is 41.1 Å². The Bertz CT molecular complexity index is 1540. The molecule has 0 aliphatic rings. The quantitative estimate of drug-likeness (QED) is 0.151. The molecular formula is C28H24ClN5O4. The van der Waals surface area contributed by atoms with E-state index in [2.05, 4.69) is 27.2 Å². The standard InChI is InChI=1S/C28H23N5O4.ClH/c1-33(15-13-26(34)35)28(37)21-10-6-19(7-11-21)3-2-18-4-8-20(9-5-18)25-16-22(27(36)32-29)23-17-30-14-12-24(23)31-25;/h4-12,14,16-17H,13,15,29H2,1H3,(H,32,36)(H,34,35);1H. The van der Waals surface area contributed by atoms with E-state index in [1.807, 2.05) is 24.3 Å². The van der Waals surface area contributed by atoms with Crippen molar-refractivity contribution < 1.29 is 19.5 Å². The van der Waals surface area contributed by atoms with Crippen LogP contribution >= 0.6 is 12.4 Å². The minimum absolute atomic E-state index is 0. The van der Waals surface area contributed by atoms with Crippen molar-refractivity contribution in [3.8, 4) is 23.1 Å². The van der Waals surface area contributed by atoms with Gasteiger partial charge in [0.1, 0.15) is 0 Å². The second-order valence-corrected chi connectivity index (χ2v) is 8.20. The molecule has 2 amide bonds. The molecular weight excluding hydrogens is 506 g/mol. The number of halogens is 1. The molecule has 0 radical (unpaired) electrons. The molecule has 4 rings (SSSR count). The molecule has 4 aromatic rings. The number of hydrogen-bond donors (Lipinski definition) is 3. The highest BCUT2D eigenvalue weighted by atomic mass is 35.5. The van der Waals surface area contributed by atoms with Gasteiger partial charge in [-0.3, -0.25) is 24.8 Å². The van der Waals surface area contributed by atoms with Crippen LogP contribution in [0.25, 0.3) is 22.2 Å². The first kappa shape index (κ1) is 27.8. The van der Waals surface area contributed by atoms with Gasteiger partial charge in [0.15, 0.2) is 0 Å². The summed E-state index contributed by atoms with van der Waals surface area (Å²) in [6.45, 7) is 0.138. The molecule has 192 valence electrons. The number of benzene rings is 2. The van der Waals surface area contributed by atoms with Crippen LogP contribution < -0.4 is 11.3 Å². The lowest BCUT2D eigenvalue weighted by Crippen LogP contribution is -2.30. The molecule has 9 nitrogen and oxygen atoms in total. The molecule has 0 atom stereocenters. The fourth-order valence-corrected chi connectivity index (χ4v) is 3.63. The molecule has 0 saturated heterocycles. The summed E-state index contributed by atoms with van der Waals surface area (Å²) in [4.78, 5) is 45.5. The molecule has 0 bridgehead atoms. The van der Waals surface area contributed by atoms with Crippen LogP contribution in [0.3, 0.4) is 0 Å². The number of hydrazine groups is 1. The topological polar surface area (TPSA) is 139 Å². The minimum Gasteiger partial charge on any atom is -0.481 e. The summed E-state index contributed by atoms with van der Waals surface area (Å²) >= 11 is 0. The van der Waals surface area contributed by atoms with Crippen molar-refractivity contribution in [3.63, 3.8) is 0 Å². The third kappa shape index (κ3) is 6.50. The fourth-order valence-electron chi connectivity index (χ4n) is 3.63. The summed E-state index contributed by atoms with van der Waals surface area (Å²) in [5.74, 6) is 9.89. The number of nitrogens with zero attached hydrogens (tertiary/aromatic N) is 3. The molecule has 0 aliphatic heterocycles. The lowest BCUT2D eigenvalue weighted by atomic mass is 10.0. The van der Waals surface area contributed by atoms with Crippen molar-refractivity contribution in [1.82, 2.24) is 20.3 Å². The molecule has 0 fully saturated rings. The molecule has 0 unspecified atom stereocenters. The van der Waals surface area contributed by atoms with Gasteiger partial charge in [0, 0.05) is 53.6 Å². The molecule has 2 aromatic heterocycles. The van der Waals surface area contributed by atoms with E-state index in [1.165, 1.54) is 4.90 Å². The molecule has 0 spiro atoms. The number of rotatable bonds is 6. The predicted molar refractivity (Wildman–Crippen MR) is 146 cm³/mol. The maximum atomic E-state index is 12.4. The van der Waals surface area contributed by atoms with E-state index in [0.717, 1.165) is 16.7 Å². The first-order chi connectivity index (χ1) is 17.9. The number of amides is 2. The van der Waals surface area contributed by atoms with Crippen LogP contribution in [0, 0.1) is 11.8 Å². The highest BCUT2D eigenvalue weighted by Gasteiger charge is 2.14. The van der Waals surface area contributed by atoms with Crippen LogP contribution in [0.5, 0.6) is 0 Å². The van der Waals surface area contributed by atoms with Crippen LogP contribution in [-0.2, 0) is 4.79 Å². The molecule has 2 aromatic carbocycles.